The number of carbonyl (C=O) groups is 2. The van der Waals surface area contributed by atoms with E-state index in [0.717, 1.165) is 5.75 Å². The predicted molar refractivity (Wildman–Crippen MR) is 73.4 cm³/mol. The summed E-state index contributed by atoms with van der Waals surface area (Å²) in [6.07, 6.45) is 0. The van der Waals surface area contributed by atoms with Gasteiger partial charge in [-0.15, -0.1) is 0 Å². The van der Waals surface area contributed by atoms with E-state index in [-0.39, 0.29) is 10.9 Å². The molecule has 21 heavy (non-hydrogen) atoms. The second kappa shape index (κ2) is 6.38. The van der Waals surface area contributed by atoms with Gasteiger partial charge in [-0.25, -0.2) is 13.2 Å². The van der Waals surface area contributed by atoms with E-state index in [2.05, 4.69) is 5.32 Å². The fourth-order valence-corrected chi connectivity index (χ4v) is 2.97. The zero-order valence-electron chi connectivity index (χ0n) is 11.2. The molecule has 0 aromatic heterocycles. The summed E-state index contributed by atoms with van der Waals surface area (Å²) in [5, 5.41) is 2.30. The molecule has 4 nitrogen and oxygen atoms in total. The second-order valence-corrected chi connectivity index (χ2v) is 6.19. The minimum Gasteiger partial charge on any atom is -0.333 e. The van der Waals surface area contributed by atoms with Crippen LogP contribution in [0.2, 0.25) is 0 Å². The lowest BCUT2D eigenvalue weighted by molar-refractivity contribution is -0.143. The first-order valence-electron chi connectivity index (χ1n) is 6.25. The zero-order valence-corrected chi connectivity index (χ0v) is 12.0. The van der Waals surface area contributed by atoms with Gasteiger partial charge < -0.3 is 10.2 Å². The molecular weight excluding hydrogens is 305 g/mol. The fourth-order valence-electron chi connectivity index (χ4n) is 1.96. The van der Waals surface area contributed by atoms with Crippen molar-refractivity contribution in [3.63, 3.8) is 0 Å². The first-order valence-corrected chi connectivity index (χ1v) is 7.29. The zero-order chi connectivity index (χ0) is 15.6. The van der Waals surface area contributed by atoms with Gasteiger partial charge >= 0.3 is 11.8 Å². The Bertz CT molecular complexity index is 560. The van der Waals surface area contributed by atoms with Crippen molar-refractivity contribution < 1.29 is 22.8 Å². The standard InChI is InChI=1S/C13H13F3N2O2S/c1-7-6-18(2-3-21-7)13(20)12(19)17-8-4-9(14)11(16)10(15)5-8/h4-5,7H,2-3,6H2,1H3,(H,17,19). The highest BCUT2D eigenvalue weighted by Gasteiger charge is 2.26. The van der Waals surface area contributed by atoms with Crippen molar-refractivity contribution in [2.45, 2.75) is 12.2 Å². The van der Waals surface area contributed by atoms with Crippen molar-refractivity contribution in [2.75, 3.05) is 24.2 Å². The minimum absolute atomic E-state index is 0.219. The smallest absolute Gasteiger partial charge is 0.313 e. The lowest BCUT2D eigenvalue weighted by Crippen LogP contribution is -2.46. The van der Waals surface area contributed by atoms with Gasteiger partial charge in [0.1, 0.15) is 0 Å². The SMILES string of the molecule is CC1CN(C(=O)C(=O)Nc2cc(F)c(F)c(F)c2)CCS1. The molecule has 0 spiro atoms. The number of hydrogen-bond donors (Lipinski definition) is 1. The van der Waals surface area contributed by atoms with Gasteiger partial charge in [0, 0.05) is 41.9 Å². The van der Waals surface area contributed by atoms with Crippen LogP contribution < -0.4 is 5.32 Å². The molecule has 1 N–H and O–H groups in total. The molecule has 2 rings (SSSR count). The number of rotatable bonds is 1. The van der Waals surface area contributed by atoms with E-state index in [1.165, 1.54) is 4.90 Å². The van der Waals surface area contributed by atoms with Gasteiger partial charge in [0.25, 0.3) is 0 Å². The molecule has 2 amide bonds. The molecule has 114 valence electrons. The van der Waals surface area contributed by atoms with Gasteiger partial charge in [0.2, 0.25) is 0 Å². The third-order valence-corrected chi connectivity index (χ3v) is 4.10. The molecule has 1 aromatic carbocycles. The normalized spacial score (nSPS) is 18.5. The fraction of sp³-hybridized carbons (Fsp3) is 0.385. The predicted octanol–water partition coefficient (Wildman–Crippen LogP) is 2.01. The summed E-state index contributed by atoms with van der Waals surface area (Å²) >= 11 is 1.69. The highest BCUT2D eigenvalue weighted by atomic mass is 32.2. The van der Waals surface area contributed by atoms with Crippen molar-refractivity contribution in [2.24, 2.45) is 0 Å². The Morgan fingerprint density at radius 1 is 1.29 bits per heavy atom. The second-order valence-electron chi connectivity index (χ2n) is 4.64. The van der Waals surface area contributed by atoms with Gasteiger partial charge in [-0.05, 0) is 0 Å². The van der Waals surface area contributed by atoms with E-state index in [1.807, 2.05) is 6.92 Å². The molecule has 1 aromatic rings. The summed E-state index contributed by atoms with van der Waals surface area (Å²) < 4.78 is 38.9. The molecule has 0 aliphatic carbocycles. The number of thioether (sulfide) groups is 1. The molecule has 1 saturated heterocycles. The van der Waals surface area contributed by atoms with Crippen molar-refractivity contribution in [3.8, 4) is 0 Å². The number of benzene rings is 1. The summed E-state index contributed by atoms with van der Waals surface area (Å²) in [5.74, 6) is -5.53. The Kier molecular flexibility index (Phi) is 4.76. The minimum atomic E-state index is -1.62. The average molecular weight is 318 g/mol. The van der Waals surface area contributed by atoms with E-state index in [0.29, 0.717) is 25.2 Å². The van der Waals surface area contributed by atoms with E-state index < -0.39 is 29.3 Å². The molecule has 0 bridgehead atoms. The van der Waals surface area contributed by atoms with Crippen LogP contribution in [-0.4, -0.2) is 40.8 Å². The molecule has 1 aliphatic rings. The first kappa shape index (κ1) is 15.7. The summed E-state index contributed by atoms with van der Waals surface area (Å²) in [6.45, 7) is 2.81. The molecule has 1 atom stereocenters. The van der Waals surface area contributed by atoms with Gasteiger partial charge in [0.15, 0.2) is 17.5 Å². The van der Waals surface area contributed by atoms with Crippen molar-refractivity contribution in [1.82, 2.24) is 4.90 Å². The highest BCUT2D eigenvalue weighted by Crippen LogP contribution is 2.19. The van der Waals surface area contributed by atoms with E-state index in [4.69, 9.17) is 0 Å². The van der Waals surface area contributed by atoms with Crippen LogP contribution in [0.3, 0.4) is 0 Å². The number of nitrogens with one attached hydrogen (secondary N) is 1. The summed E-state index contributed by atoms with van der Waals surface area (Å²) in [4.78, 5) is 25.1. The van der Waals surface area contributed by atoms with E-state index in [1.54, 1.807) is 11.8 Å². The Labute approximate surface area is 123 Å². The van der Waals surface area contributed by atoms with Crippen LogP contribution in [0.1, 0.15) is 6.92 Å². The molecule has 8 heteroatoms. The third-order valence-electron chi connectivity index (χ3n) is 2.96. The topological polar surface area (TPSA) is 49.4 Å². The summed E-state index contributed by atoms with van der Waals surface area (Å²) in [5.41, 5.74) is -0.302. The number of anilines is 1. The van der Waals surface area contributed by atoms with Crippen LogP contribution in [0.5, 0.6) is 0 Å². The van der Waals surface area contributed by atoms with Crippen LogP contribution >= 0.6 is 11.8 Å². The Morgan fingerprint density at radius 2 is 1.90 bits per heavy atom. The number of hydrogen-bond acceptors (Lipinski definition) is 3. The maximum atomic E-state index is 13.0. The number of carbonyl (C=O) groups excluding carboxylic acids is 2. The van der Waals surface area contributed by atoms with Crippen molar-refractivity contribution >= 4 is 29.3 Å². The van der Waals surface area contributed by atoms with Gasteiger partial charge in [-0.3, -0.25) is 9.59 Å². The largest absolute Gasteiger partial charge is 0.333 e. The third kappa shape index (κ3) is 3.69. The molecular formula is C13H13F3N2O2S. The van der Waals surface area contributed by atoms with Crippen LogP contribution in [0, 0.1) is 17.5 Å². The monoisotopic (exact) mass is 318 g/mol. The maximum Gasteiger partial charge on any atom is 0.313 e. The average Bonchev–Trinajstić information content (AvgIpc) is 2.43. The summed E-state index contributed by atoms with van der Waals surface area (Å²) in [6, 6.07) is 1.25. The van der Waals surface area contributed by atoms with Gasteiger partial charge in [0.05, 0.1) is 0 Å². The van der Waals surface area contributed by atoms with Gasteiger partial charge in [-0.1, -0.05) is 6.92 Å². The first-order chi connectivity index (χ1) is 9.88. The molecule has 1 aliphatic heterocycles. The van der Waals surface area contributed by atoms with E-state index >= 15 is 0 Å². The Morgan fingerprint density at radius 3 is 2.48 bits per heavy atom. The molecule has 1 heterocycles. The van der Waals surface area contributed by atoms with Crippen molar-refractivity contribution in [1.29, 1.82) is 0 Å². The molecule has 1 unspecified atom stereocenters. The van der Waals surface area contributed by atoms with Gasteiger partial charge in [-0.2, -0.15) is 11.8 Å². The van der Waals surface area contributed by atoms with Crippen LogP contribution in [-0.2, 0) is 9.59 Å². The maximum absolute atomic E-state index is 13.0. The van der Waals surface area contributed by atoms with Crippen LogP contribution in [0.15, 0.2) is 12.1 Å². The van der Waals surface area contributed by atoms with Crippen LogP contribution in [0.4, 0.5) is 18.9 Å². The van der Waals surface area contributed by atoms with E-state index in [9.17, 15) is 22.8 Å². The quantitative estimate of drug-likeness (QED) is 0.636. The number of nitrogens with zero attached hydrogens (tertiary/aromatic N) is 1. The number of amides is 2. The van der Waals surface area contributed by atoms with Crippen molar-refractivity contribution in [3.05, 3.63) is 29.6 Å². The molecule has 1 fully saturated rings. The lowest BCUT2D eigenvalue weighted by atomic mass is 10.2. The molecule has 0 radical (unpaired) electrons. The number of halogens is 3. The summed E-state index contributed by atoms with van der Waals surface area (Å²) in [7, 11) is 0. The highest BCUT2D eigenvalue weighted by molar-refractivity contribution is 7.99. The molecule has 0 saturated carbocycles. The Balaban J connectivity index is 2.05. The van der Waals surface area contributed by atoms with Crippen LogP contribution in [0.25, 0.3) is 0 Å². The lowest BCUT2D eigenvalue weighted by Gasteiger charge is -2.29. The Hall–Kier alpha value is -1.70.